The molecule has 1 heterocycles. The smallest absolute Gasteiger partial charge is 0.204 e. The fraction of sp³-hybridized carbons (Fsp3) is 0.0588. The zero-order valence-corrected chi connectivity index (χ0v) is 11.9. The van der Waals surface area contributed by atoms with E-state index in [-0.39, 0.29) is 5.78 Å². The first-order valence-electron chi connectivity index (χ1n) is 6.36. The van der Waals surface area contributed by atoms with Crippen LogP contribution in [0.3, 0.4) is 0 Å². The van der Waals surface area contributed by atoms with Gasteiger partial charge in [-0.1, -0.05) is 60.2 Å². The van der Waals surface area contributed by atoms with Crippen LogP contribution in [-0.2, 0) is 0 Å². The average Bonchev–Trinajstić information content (AvgIpc) is 2.98. The number of benzene rings is 2. The molecule has 0 spiro atoms. The van der Waals surface area contributed by atoms with Gasteiger partial charge in [-0.25, -0.2) is 4.98 Å². The number of carbonyl (C=O) groups excluding carboxylic acids is 1. The first-order chi connectivity index (χ1) is 9.74. The second-order valence-electron chi connectivity index (χ2n) is 4.59. The molecule has 0 N–H and O–H groups in total. The van der Waals surface area contributed by atoms with Crippen molar-refractivity contribution in [2.24, 2.45) is 0 Å². The van der Waals surface area contributed by atoms with Gasteiger partial charge in [0.25, 0.3) is 0 Å². The predicted molar refractivity (Wildman–Crippen MR) is 82.2 cm³/mol. The van der Waals surface area contributed by atoms with Gasteiger partial charge in [-0.15, -0.1) is 11.3 Å². The Labute approximate surface area is 121 Å². The van der Waals surface area contributed by atoms with Gasteiger partial charge in [-0.3, -0.25) is 4.79 Å². The van der Waals surface area contributed by atoms with Gasteiger partial charge in [0, 0.05) is 17.3 Å². The fourth-order valence-electron chi connectivity index (χ4n) is 1.94. The van der Waals surface area contributed by atoms with Gasteiger partial charge < -0.3 is 0 Å². The van der Waals surface area contributed by atoms with Crippen LogP contribution in [-0.4, -0.2) is 10.8 Å². The van der Waals surface area contributed by atoms with E-state index in [1.807, 2.05) is 42.5 Å². The zero-order valence-electron chi connectivity index (χ0n) is 11.0. The highest BCUT2D eigenvalue weighted by Crippen LogP contribution is 2.26. The molecule has 20 heavy (non-hydrogen) atoms. The van der Waals surface area contributed by atoms with Gasteiger partial charge in [-0.2, -0.15) is 0 Å². The maximum Gasteiger partial charge on any atom is 0.204 e. The molecule has 3 aromatic rings. The third-order valence-corrected chi connectivity index (χ3v) is 4.11. The monoisotopic (exact) mass is 279 g/mol. The summed E-state index contributed by atoms with van der Waals surface area (Å²) >= 11 is 1.43. The Morgan fingerprint density at radius 2 is 1.70 bits per heavy atom. The first kappa shape index (κ1) is 12.8. The molecule has 2 nitrogen and oxygen atoms in total. The van der Waals surface area contributed by atoms with Crippen molar-refractivity contribution in [1.82, 2.24) is 4.98 Å². The molecule has 0 aliphatic rings. The molecule has 0 aliphatic heterocycles. The van der Waals surface area contributed by atoms with Crippen molar-refractivity contribution >= 4 is 17.1 Å². The van der Waals surface area contributed by atoms with Crippen LogP contribution in [0.1, 0.15) is 20.8 Å². The summed E-state index contributed by atoms with van der Waals surface area (Å²) < 4.78 is 0. The first-order valence-corrected chi connectivity index (χ1v) is 7.18. The van der Waals surface area contributed by atoms with Gasteiger partial charge in [0.05, 0.1) is 4.88 Å². The number of rotatable bonds is 3. The molecular weight excluding hydrogens is 266 g/mol. The summed E-state index contributed by atoms with van der Waals surface area (Å²) in [5, 5.41) is 0.879. The SMILES string of the molecule is Cc1ccc(-c2ncc(C(=O)c3ccccc3)s2)cc1. The van der Waals surface area contributed by atoms with Crippen molar-refractivity contribution in [3.8, 4) is 10.6 Å². The lowest BCUT2D eigenvalue weighted by Gasteiger charge is -1.97. The third-order valence-electron chi connectivity index (χ3n) is 3.06. The second-order valence-corrected chi connectivity index (χ2v) is 5.62. The van der Waals surface area contributed by atoms with Crippen molar-refractivity contribution in [3.63, 3.8) is 0 Å². The highest BCUT2D eigenvalue weighted by molar-refractivity contribution is 7.17. The molecule has 0 saturated heterocycles. The summed E-state index contributed by atoms with van der Waals surface area (Å²) in [7, 11) is 0. The Bertz CT molecular complexity index is 729. The molecule has 2 aromatic carbocycles. The topological polar surface area (TPSA) is 30.0 Å². The largest absolute Gasteiger partial charge is 0.288 e. The van der Waals surface area contributed by atoms with Gasteiger partial charge >= 0.3 is 0 Å². The van der Waals surface area contributed by atoms with E-state index in [1.54, 1.807) is 6.20 Å². The van der Waals surface area contributed by atoms with Crippen LogP contribution in [0, 0.1) is 6.92 Å². The maximum absolute atomic E-state index is 12.3. The zero-order chi connectivity index (χ0) is 13.9. The van der Waals surface area contributed by atoms with E-state index in [1.165, 1.54) is 16.9 Å². The molecule has 0 atom stereocenters. The Morgan fingerprint density at radius 3 is 2.40 bits per heavy atom. The molecule has 3 rings (SSSR count). The number of nitrogens with zero attached hydrogens (tertiary/aromatic N) is 1. The minimum absolute atomic E-state index is 0.0291. The van der Waals surface area contributed by atoms with E-state index in [4.69, 9.17) is 0 Å². The molecule has 98 valence electrons. The molecule has 0 amide bonds. The number of thiazole rings is 1. The lowest BCUT2D eigenvalue weighted by molar-refractivity contribution is 0.104. The molecule has 0 radical (unpaired) electrons. The summed E-state index contributed by atoms with van der Waals surface area (Å²) in [4.78, 5) is 17.3. The highest BCUT2D eigenvalue weighted by Gasteiger charge is 2.13. The molecule has 3 heteroatoms. The lowest BCUT2D eigenvalue weighted by Crippen LogP contribution is -1.97. The normalized spacial score (nSPS) is 10.4. The number of aromatic nitrogens is 1. The van der Waals surface area contributed by atoms with Crippen LogP contribution in [0.5, 0.6) is 0 Å². The van der Waals surface area contributed by atoms with Crippen LogP contribution in [0.2, 0.25) is 0 Å². The second kappa shape index (κ2) is 5.39. The van der Waals surface area contributed by atoms with Crippen molar-refractivity contribution in [2.75, 3.05) is 0 Å². The van der Waals surface area contributed by atoms with Crippen LogP contribution in [0.25, 0.3) is 10.6 Å². The minimum atomic E-state index is 0.0291. The highest BCUT2D eigenvalue weighted by atomic mass is 32.1. The standard InChI is InChI=1S/C17H13NOS/c1-12-7-9-14(10-8-12)17-18-11-15(20-17)16(19)13-5-3-2-4-6-13/h2-11H,1H3. The summed E-state index contributed by atoms with van der Waals surface area (Å²) in [6.45, 7) is 2.05. The van der Waals surface area contributed by atoms with Crippen LogP contribution in [0.4, 0.5) is 0 Å². The lowest BCUT2D eigenvalue weighted by atomic mass is 10.1. The van der Waals surface area contributed by atoms with E-state index in [0.717, 1.165) is 10.6 Å². The number of hydrogen-bond donors (Lipinski definition) is 0. The average molecular weight is 279 g/mol. The third kappa shape index (κ3) is 2.53. The predicted octanol–water partition coefficient (Wildman–Crippen LogP) is 4.35. The van der Waals surface area contributed by atoms with Crippen molar-refractivity contribution in [3.05, 3.63) is 76.8 Å². The van der Waals surface area contributed by atoms with E-state index in [0.29, 0.717) is 10.4 Å². The van der Waals surface area contributed by atoms with Crippen LogP contribution >= 0.6 is 11.3 Å². The van der Waals surface area contributed by atoms with Gasteiger partial charge in [0.1, 0.15) is 5.01 Å². The number of aryl methyl sites for hydroxylation is 1. The molecule has 0 bridgehead atoms. The number of hydrogen-bond acceptors (Lipinski definition) is 3. The quantitative estimate of drug-likeness (QED) is 0.667. The Balaban J connectivity index is 1.91. The van der Waals surface area contributed by atoms with Crippen LogP contribution in [0.15, 0.2) is 60.8 Å². The molecule has 1 aromatic heterocycles. The molecule has 0 unspecified atom stereocenters. The minimum Gasteiger partial charge on any atom is -0.288 e. The maximum atomic E-state index is 12.3. The molecular formula is C17H13NOS. The molecule has 0 saturated carbocycles. The number of carbonyl (C=O) groups is 1. The fourth-order valence-corrected chi connectivity index (χ4v) is 2.82. The van der Waals surface area contributed by atoms with E-state index >= 15 is 0 Å². The molecule has 0 aliphatic carbocycles. The summed E-state index contributed by atoms with van der Waals surface area (Å²) in [6.07, 6.45) is 1.66. The van der Waals surface area contributed by atoms with Gasteiger partial charge in [-0.05, 0) is 6.92 Å². The van der Waals surface area contributed by atoms with E-state index < -0.39 is 0 Å². The van der Waals surface area contributed by atoms with Gasteiger partial charge in [0.15, 0.2) is 0 Å². The summed E-state index contributed by atoms with van der Waals surface area (Å²) in [5.41, 5.74) is 2.96. The van der Waals surface area contributed by atoms with Crippen molar-refractivity contribution in [1.29, 1.82) is 0 Å². The Kier molecular flexibility index (Phi) is 3.44. The van der Waals surface area contributed by atoms with Crippen molar-refractivity contribution in [2.45, 2.75) is 6.92 Å². The molecule has 0 fully saturated rings. The Morgan fingerprint density at radius 1 is 1.00 bits per heavy atom. The Hall–Kier alpha value is -2.26. The summed E-state index contributed by atoms with van der Waals surface area (Å²) in [5.74, 6) is 0.0291. The van der Waals surface area contributed by atoms with Crippen LogP contribution < -0.4 is 0 Å². The van der Waals surface area contributed by atoms with E-state index in [9.17, 15) is 4.79 Å². The van der Waals surface area contributed by atoms with E-state index in [2.05, 4.69) is 24.0 Å². The van der Waals surface area contributed by atoms with Gasteiger partial charge in [0.2, 0.25) is 5.78 Å². The van der Waals surface area contributed by atoms with Crippen molar-refractivity contribution < 1.29 is 4.79 Å². The summed E-state index contributed by atoms with van der Waals surface area (Å²) in [6, 6.07) is 17.5. The number of ketones is 1.